The first-order chi connectivity index (χ1) is 11.2. The van der Waals surface area contributed by atoms with Crippen molar-refractivity contribution >= 4 is 23.6 Å². The molecule has 0 heterocycles. The van der Waals surface area contributed by atoms with E-state index < -0.39 is 0 Å². The number of carbonyl (C=O) groups is 1. The molecule has 0 unspecified atom stereocenters. The van der Waals surface area contributed by atoms with Crippen LogP contribution in [0.2, 0.25) is 0 Å². The van der Waals surface area contributed by atoms with E-state index in [1.807, 2.05) is 36.4 Å². The fourth-order valence-corrected chi connectivity index (χ4v) is 3.05. The van der Waals surface area contributed by atoms with Crippen LogP contribution in [-0.4, -0.2) is 11.5 Å². The van der Waals surface area contributed by atoms with Crippen LogP contribution in [0.25, 0.3) is 6.08 Å². The SMILES string of the molecule is CCCCc1cccc(C=CC(=O)c2ccc(SCC)cc2)c1. The molecule has 0 saturated carbocycles. The lowest BCUT2D eigenvalue weighted by Gasteiger charge is -2.02. The summed E-state index contributed by atoms with van der Waals surface area (Å²) >= 11 is 1.78. The zero-order valence-electron chi connectivity index (χ0n) is 13.9. The van der Waals surface area contributed by atoms with Gasteiger partial charge in [0.05, 0.1) is 0 Å². The number of aryl methyl sites for hydroxylation is 1. The molecule has 0 aliphatic carbocycles. The molecular weight excluding hydrogens is 300 g/mol. The molecule has 23 heavy (non-hydrogen) atoms. The van der Waals surface area contributed by atoms with Gasteiger partial charge in [0.25, 0.3) is 0 Å². The molecule has 0 aliphatic heterocycles. The van der Waals surface area contributed by atoms with E-state index in [9.17, 15) is 4.79 Å². The summed E-state index contributed by atoms with van der Waals surface area (Å²) in [4.78, 5) is 13.5. The number of thioether (sulfide) groups is 1. The third kappa shape index (κ3) is 5.72. The van der Waals surface area contributed by atoms with E-state index in [1.54, 1.807) is 17.8 Å². The molecule has 0 saturated heterocycles. The summed E-state index contributed by atoms with van der Waals surface area (Å²) in [5, 5.41) is 0. The van der Waals surface area contributed by atoms with Gasteiger partial charge in [-0.2, -0.15) is 0 Å². The van der Waals surface area contributed by atoms with E-state index >= 15 is 0 Å². The molecule has 0 spiro atoms. The molecule has 0 aromatic heterocycles. The Balaban J connectivity index is 2.02. The number of rotatable bonds is 8. The average Bonchev–Trinajstić information content (AvgIpc) is 2.59. The smallest absolute Gasteiger partial charge is 0.185 e. The Bertz CT molecular complexity index is 656. The van der Waals surface area contributed by atoms with Crippen LogP contribution in [0, 0.1) is 0 Å². The zero-order valence-corrected chi connectivity index (χ0v) is 14.7. The quantitative estimate of drug-likeness (QED) is 0.334. The van der Waals surface area contributed by atoms with E-state index in [4.69, 9.17) is 0 Å². The Morgan fingerprint density at radius 1 is 1.09 bits per heavy atom. The van der Waals surface area contributed by atoms with Crippen molar-refractivity contribution in [2.45, 2.75) is 38.0 Å². The van der Waals surface area contributed by atoms with Gasteiger partial charge in [0.2, 0.25) is 0 Å². The first-order valence-electron chi connectivity index (χ1n) is 8.27. The first kappa shape index (κ1) is 17.6. The van der Waals surface area contributed by atoms with E-state index in [0.717, 1.165) is 23.3 Å². The number of hydrogen-bond donors (Lipinski definition) is 0. The summed E-state index contributed by atoms with van der Waals surface area (Å²) in [5.41, 5.74) is 3.16. The summed E-state index contributed by atoms with van der Waals surface area (Å²) in [7, 11) is 0. The van der Waals surface area contributed by atoms with Gasteiger partial charge in [-0.1, -0.05) is 50.6 Å². The molecule has 2 heteroatoms. The molecule has 2 rings (SSSR count). The van der Waals surface area contributed by atoms with Crippen LogP contribution in [0.1, 0.15) is 48.2 Å². The maximum absolute atomic E-state index is 12.3. The first-order valence-corrected chi connectivity index (χ1v) is 9.25. The third-order valence-corrected chi connectivity index (χ3v) is 4.54. The predicted octanol–water partition coefficient (Wildman–Crippen LogP) is 6.04. The topological polar surface area (TPSA) is 17.1 Å². The van der Waals surface area contributed by atoms with Gasteiger partial charge in [0, 0.05) is 10.5 Å². The van der Waals surface area contributed by atoms with Crippen LogP contribution in [-0.2, 0) is 6.42 Å². The fraction of sp³-hybridized carbons (Fsp3) is 0.286. The van der Waals surface area contributed by atoms with E-state index in [2.05, 4.69) is 32.0 Å². The van der Waals surface area contributed by atoms with Crippen molar-refractivity contribution in [2.24, 2.45) is 0 Å². The highest BCUT2D eigenvalue weighted by atomic mass is 32.2. The van der Waals surface area contributed by atoms with Gasteiger partial charge in [0.15, 0.2) is 5.78 Å². The van der Waals surface area contributed by atoms with Crippen molar-refractivity contribution in [1.82, 2.24) is 0 Å². The highest BCUT2D eigenvalue weighted by Crippen LogP contribution is 2.18. The molecule has 2 aromatic carbocycles. The number of allylic oxidation sites excluding steroid dienone is 1. The average molecular weight is 324 g/mol. The van der Waals surface area contributed by atoms with Crippen molar-refractivity contribution in [3.05, 3.63) is 71.3 Å². The van der Waals surface area contributed by atoms with Crippen molar-refractivity contribution in [3.8, 4) is 0 Å². The molecule has 0 aliphatic rings. The number of carbonyl (C=O) groups excluding carboxylic acids is 1. The van der Waals surface area contributed by atoms with E-state index in [1.165, 1.54) is 23.3 Å². The summed E-state index contributed by atoms with van der Waals surface area (Å²) in [5.74, 6) is 1.10. The number of unbranched alkanes of at least 4 members (excludes halogenated alkanes) is 1. The molecule has 120 valence electrons. The monoisotopic (exact) mass is 324 g/mol. The Hall–Kier alpha value is -1.80. The van der Waals surface area contributed by atoms with Crippen LogP contribution in [0.15, 0.2) is 59.5 Å². The van der Waals surface area contributed by atoms with Crippen LogP contribution in [0.4, 0.5) is 0 Å². The second kappa shape index (κ2) is 9.36. The Morgan fingerprint density at radius 3 is 2.57 bits per heavy atom. The predicted molar refractivity (Wildman–Crippen MR) is 101 cm³/mol. The molecule has 0 fully saturated rings. The highest BCUT2D eigenvalue weighted by molar-refractivity contribution is 7.99. The van der Waals surface area contributed by atoms with Crippen molar-refractivity contribution in [2.75, 3.05) is 5.75 Å². The lowest BCUT2D eigenvalue weighted by Crippen LogP contribution is -1.93. The minimum absolute atomic E-state index is 0.0528. The zero-order chi connectivity index (χ0) is 16.5. The summed E-state index contributed by atoms with van der Waals surface area (Å²) in [6.07, 6.45) is 7.08. The van der Waals surface area contributed by atoms with Gasteiger partial charge in [-0.3, -0.25) is 4.79 Å². The normalized spacial score (nSPS) is 11.0. The summed E-state index contributed by atoms with van der Waals surface area (Å²) < 4.78 is 0. The fourth-order valence-electron chi connectivity index (χ4n) is 2.38. The van der Waals surface area contributed by atoms with Gasteiger partial charge >= 0.3 is 0 Å². The molecule has 0 N–H and O–H groups in total. The maximum Gasteiger partial charge on any atom is 0.185 e. The van der Waals surface area contributed by atoms with E-state index in [-0.39, 0.29) is 5.78 Å². The number of benzene rings is 2. The van der Waals surface area contributed by atoms with Gasteiger partial charge < -0.3 is 0 Å². The Morgan fingerprint density at radius 2 is 1.87 bits per heavy atom. The van der Waals surface area contributed by atoms with Gasteiger partial charge in [-0.05, 0) is 60.1 Å². The molecule has 0 amide bonds. The van der Waals surface area contributed by atoms with Gasteiger partial charge in [-0.15, -0.1) is 11.8 Å². The van der Waals surface area contributed by atoms with Crippen LogP contribution >= 0.6 is 11.8 Å². The molecule has 0 bridgehead atoms. The third-order valence-electron chi connectivity index (χ3n) is 3.65. The molecule has 0 radical (unpaired) electrons. The van der Waals surface area contributed by atoms with Crippen molar-refractivity contribution in [1.29, 1.82) is 0 Å². The number of hydrogen-bond acceptors (Lipinski definition) is 2. The van der Waals surface area contributed by atoms with Crippen LogP contribution in [0.5, 0.6) is 0 Å². The highest BCUT2D eigenvalue weighted by Gasteiger charge is 2.02. The molecular formula is C21H24OS. The largest absolute Gasteiger partial charge is 0.289 e. The number of ketones is 1. The standard InChI is InChI=1S/C21H24OS/c1-3-5-7-17-8-6-9-18(16-17)10-15-21(22)19-11-13-20(14-12-19)23-4-2/h6,8-16H,3-5,7H2,1-2H3. The second-order valence-electron chi connectivity index (χ2n) is 5.50. The Kier molecular flexibility index (Phi) is 7.15. The lowest BCUT2D eigenvalue weighted by atomic mass is 10.0. The molecule has 1 nitrogen and oxygen atoms in total. The molecule has 0 atom stereocenters. The summed E-state index contributed by atoms with van der Waals surface area (Å²) in [6, 6.07) is 16.3. The van der Waals surface area contributed by atoms with E-state index in [0.29, 0.717) is 0 Å². The minimum atomic E-state index is 0.0528. The van der Waals surface area contributed by atoms with Crippen LogP contribution < -0.4 is 0 Å². The molecule has 2 aromatic rings. The van der Waals surface area contributed by atoms with Gasteiger partial charge in [-0.25, -0.2) is 0 Å². The van der Waals surface area contributed by atoms with Gasteiger partial charge in [0.1, 0.15) is 0 Å². The van der Waals surface area contributed by atoms with Crippen molar-refractivity contribution < 1.29 is 4.79 Å². The maximum atomic E-state index is 12.3. The van der Waals surface area contributed by atoms with Crippen molar-refractivity contribution in [3.63, 3.8) is 0 Å². The minimum Gasteiger partial charge on any atom is -0.289 e. The second-order valence-corrected chi connectivity index (χ2v) is 6.84. The lowest BCUT2D eigenvalue weighted by molar-refractivity contribution is 0.104. The Labute approximate surface area is 143 Å². The summed E-state index contributed by atoms with van der Waals surface area (Å²) in [6.45, 7) is 4.33. The van der Waals surface area contributed by atoms with Crippen LogP contribution in [0.3, 0.4) is 0 Å².